The highest BCUT2D eigenvalue weighted by atomic mass is 19.2. The Hall–Kier alpha value is -3.95. The van der Waals surface area contributed by atoms with E-state index in [0.29, 0.717) is 23.5 Å². The van der Waals surface area contributed by atoms with Gasteiger partial charge in [-0.25, -0.2) is 13.2 Å². The van der Waals surface area contributed by atoms with E-state index >= 15 is 0 Å². The van der Waals surface area contributed by atoms with Crippen molar-refractivity contribution in [2.24, 2.45) is 7.05 Å². The van der Waals surface area contributed by atoms with E-state index in [2.05, 4.69) is 15.6 Å². The summed E-state index contributed by atoms with van der Waals surface area (Å²) in [6.45, 7) is 3.02. The van der Waals surface area contributed by atoms with Gasteiger partial charge in [-0.1, -0.05) is 0 Å². The number of carbonyl (C=O) groups excluding carboxylic acids is 3. The highest BCUT2D eigenvalue weighted by Gasteiger charge is 2.29. The summed E-state index contributed by atoms with van der Waals surface area (Å²) in [5, 5.41) is 4.70. The van der Waals surface area contributed by atoms with Crippen LogP contribution >= 0.6 is 0 Å². The molecule has 0 spiro atoms. The summed E-state index contributed by atoms with van der Waals surface area (Å²) < 4.78 is 41.4. The summed E-state index contributed by atoms with van der Waals surface area (Å²) in [5.74, 6) is -7.16. The van der Waals surface area contributed by atoms with Gasteiger partial charge in [-0.15, -0.1) is 0 Å². The molecular weight excluding hydrogens is 413 g/mol. The van der Waals surface area contributed by atoms with Crippen LogP contribution in [0.5, 0.6) is 0 Å². The maximum atomic E-state index is 13.4. The van der Waals surface area contributed by atoms with Gasteiger partial charge >= 0.3 is 0 Å². The monoisotopic (exact) mass is 430 g/mol. The molecule has 160 valence electrons. The lowest BCUT2D eigenvalue weighted by Gasteiger charge is -2.07. The first-order chi connectivity index (χ1) is 14.6. The van der Waals surface area contributed by atoms with Gasteiger partial charge < -0.3 is 15.2 Å². The van der Waals surface area contributed by atoms with Crippen LogP contribution in [0.2, 0.25) is 0 Å². The average molecular weight is 430 g/mol. The van der Waals surface area contributed by atoms with Crippen molar-refractivity contribution in [1.29, 1.82) is 0 Å². The molecule has 0 saturated heterocycles. The van der Waals surface area contributed by atoms with E-state index in [9.17, 15) is 27.6 Å². The SMILES string of the molecule is Cc1c(C(=O)Nc2cc(F)c(F)c(F)c2)c(C)n(C)c1C(=O)C(=O)Nc1cccnc1. The molecule has 0 aliphatic heterocycles. The maximum absolute atomic E-state index is 13.4. The van der Waals surface area contributed by atoms with Crippen molar-refractivity contribution in [1.82, 2.24) is 9.55 Å². The van der Waals surface area contributed by atoms with E-state index in [-0.39, 0.29) is 22.5 Å². The Balaban J connectivity index is 1.90. The second-order valence-corrected chi connectivity index (χ2v) is 6.73. The first-order valence-corrected chi connectivity index (χ1v) is 8.99. The Morgan fingerprint density at radius 1 is 1.00 bits per heavy atom. The number of nitrogens with one attached hydrogen (secondary N) is 2. The third-order valence-electron chi connectivity index (χ3n) is 4.74. The molecule has 3 rings (SSSR count). The fraction of sp³-hybridized carbons (Fsp3) is 0.143. The summed E-state index contributed by atoms with van der Waals surface area (Å²) in [6, 6.07) is 4.41. The molecule has 0 radical (unpaired) electrons. The molecule has 2 N–H and O–H groups in total. The molecule has 3 aromatic rings. The summed E-state index contributed by atoms with van der Waals surface area (Å²) >= 11 is 0. The molecule has 0 unspecified atom stereocenters. The third-order valence-corrected chi connectivity index (χ3v) is 4.74. The first-order valence-electron chi connectivity index (χ1n) is 8.99. The molecule has 2 heterocycles. The van der Waals surface area contributed by atoms with E-state index in [4.69, 9.17) is 0 Å². The van der Waals surface area contributed by atoms with E-state index in [1.807, 2.05) is 0 Å². The number of halogens is 3. The fourth-order valence-electron chi connectivity index (χ4n) is 3.19. The van der Waals surface area contributed by atoms with Gasteiger partial charge in [0, 0.05) is 36.8 Å². The van der Waals surface area contributed by atoms with Crippen molar-refractivity contribution in [3.63, 3.8) is 0 Å². The van der Waals surface area contributed by atoms with Crippen LogP contribution < -0.4 is 10.6 Å². The second kappa shape index (κ2) is 8.42. The summed E-state index contributed by atoms with van der Waals surface area (Å²) in [6.07, 6.45) is 2.88. The predicted molar refractivity (Wildman–Crippen MR) is 106 cm³/mol. The van der Waals surface area contributed by atoms with E-state index in [0.717, 1.165) is 0 Å². The zero-order valence-electron chi connectivity index (χ0n) is 16.7. The van der Waals surface area contributed by atoms with Gasteiger partial charge in [0.1, 0.15) is 0 Å². The summed E-state index contributed by atoms with van der Waals surface area (Å²) in [7, 11) is 1.50. The first kappa shape index (κ1) is 21.8. The molecule has 2 aromatic heterocycles. The molecule has 7 nitrogen and oxygen atoms in total. The highest BCUT2D eigenvalue weighted by Crippen LogP contribution is 2.24. The quantitative estimate of drug-likeness (QED) is 0.368. The topological polar surface area (TPSA) is 93.1 Å². The van der Waals surface area contributed by atoms with Crippen molar-refractivity contribution in [2.45, 2.75) is 13.8 Å². The number of rotatable bonds is 5. The van der Waals surface area contributed by atoms with E-state index in [1.54, 1.807) is 19.1 Å². The number of hydrogen-bond donors (Lipinski definition) is 2. The number of hydrogen-bond acceptors (Lipinski definition) is 4. The van der Waals surface area contributed by atoms with Crippen molar-refractivity contribution >= 4 is 29.0 Å². The lowest BCUT2D eigenvalue weighted by Crippen LogP contribution is -2.25. The number of aromatic nitrogens is 2. The summed E-state index contributed by atoms with van der Waals surface area (Å²) in [5.41, 5.74) is 0.585. The van der Waals surface area contributed by atoms with Crippen LogP contribution in [0.4, 0.5) is 24.5 Å². The number of Topliss-reactive ketones (excluding diaryl/α,β-unsaturated/α-hetero) is 1. The molecular formula is C21H17F3N4O3. The molecule has 0 saturated carbocycles. The third kappa shape index (κ3) is 4.18. The molecule has 31 heavy (non-hydrogen) atoms. The van der Waals surface area contributed by atoms with E-state index < -0.39 is 35.0 Å². The number of ketones is 1. The summed E-state index contributed by atoms with van der Waals surface area (Å²) in [4.78, 5) is 41.7. The number of amides is 2. The molecule has 0 bridgehead atoms. The maximum Gasteiger partial charge on any atom is 0.298 e. The van der Waals surface area contributed by atoms with E-state index in [1.165, 1.54) is 30.9 Å². The van der Waals surface area contributed by atoms with Gasteiger partial charge in [0.2, 0.25) is 0 Å². The second-order valence-electron chi connectivity index (χ2n) is 6.73. The number of benzene rings is 1. The normalized spacial score (nSPS) is 10.6. The van der Waals surface area contributed by atoms with Crippen LogP contribution in [0.3, 0.4) is 0 Å². The number of nitrogens with zero attached hydrogens (tertiary/aromatic N) is 2. The standard InChI is InChI=1S/C21H17F3N4O3/c1-10-16(20(30)27-13-7-14(22)17(24)15(23)8-13)11(2)28(3)18(10)19(29)21(31)26-12-5-4-6-25-9-12/h4-9H,1-3H3,(H,26,31)(H,27,30). The van der Waals surface area contributed by atoms with Crippen LogP contribution in [-0.2, 0) is 11.8 Å². The van der Waals surface area contributed by atoms with Crippen LogP contribution in [-0.4, -0.2) is 27.1 Å². The highest BCUT2D eigenvalue weighted by molar-refractivity contribution is 6.46. The Morgan fingerprint density at radius 2 is 1.65 bits per heavy atom. The molecule has 10 heteroatoms. The van der Waals surface area contributed by atoms with Crippen LogP contribution in [0, 0.1) is 31.3 Å². The molecule has 0 atom stereocenters. The van der Waals surface area contributed by atoms with Gasteiger partial charge in [0.25, 0.3) is 17.6 Å². The van der Waals surface area contributed by atoms with Crippen molar-refractivity contribution < 1.29 is 27.6 Å². The largest absolute Gasteiger partial charge is 0.344 e. The minimum absolute atomic E-state index is 0.0273. The molecule has 0 aliphatic rings. The Bertz CT molecular complexity index is 1180. The lowest BCUT2D eigenvalue weighted by molar-refractivity contribution is -0.112. The predicted octanol–water partition coefficient (Wildman–Crippen LogP) is 3.53. The molecule has 0 aliphatic carbocycles. The fourth-order valence-corrected chi connectivity index (χ4v) is 3.19. The lowest BCUT2D eigenvalue weighted by atomic mass is 10.1. The van der Waals surface area contributed by atoms with Crippen molar-refractivity contribution in [3.05, 3.63) is 76.6 Å². The van der Waals surface area contributed by atoms with Crippen LogP contribution in [0.25, 0.3) is 0 Å². The Morgan fingerprint density at radius 3 is 2.23 bits per heavy atom. The number of carbonyl (C=O) groups is 3. The van der Waals surface area contributed by atoms with Crippen LogP contribution in [0.1, 0.15) is 32.1 Å². The van der Waals surface area contributed by atoms with Crippen molar-refractivity contribution in [2.75, 3.05) is 10.6 Å². The van der Waals surface area contributed by atoms with Gasteiger partial charge in [0.05, 0.1) is 23.1 Å². The number of pyridine rings is 1. The molecule has 1 aromatic carbocycles. The minimum atomic E-state index is -1.66. The minimum Gasteiger partial charge on any atom is -0.344 e. The zero-order valence-corrected chi connectivity index (χ0v) is 16.7. The van der Waals surface area contributed by atoms with Gasteiger partial charge in [-0.3, -0.25) is 19.4 Å². The van der Waals surface area contributed by atoms with Crippen LogP contribution in [0.15, 0.2) is 36.7 Å². The molecule has 2 amide bonds. The van der Waals surface area contributed by atoms with Crippen molar-refractivity contribution in [3.8, 4) is 0 Å². The smallest absolute Gasteiger partial charge is 0.298 e. The number of anilines is 2. The average Bonchev–Trinajstić information content (AvgIpc) is 2.94. The van der Waals surface area contributed by atoms with Gasteiger partial charge in [-0.05, 0) is 31.5 Å². The Kier molecular flexibility index (Phi) is 5.91. The zero-order chi connectivity index (χ0) is 22.9. The Labute approximate surface area is 174 Å². The van der Waals surface area contributed by atoms with Gasteiger partial charge in [0.15, 0.2) is 17.5 Å². The molecule has 0 fully saturated rings. The van der Waals surface area contributed by atoms with Gasteiger partial charge in [-0.2, -0.15) is 0 Å².